The van der Waals surface area contributed by atoms with E-state index in [0.717, 1.165) is 29.6 Å². The lowest BCUT2D eigenvalue weighted by molar-refractivity contribution is -0.140. The highest BCUT2D eigenvalue weighted by Gasteiger charge is 2.33. The SMILES string of the molecule is CN=C(NCc1nc(C(F)(F)F)cs1)NC1CCCC1.I. The van der Waals surface area contributed by atoms with Crippen LogP contribution in [-0.4, -0.2) is 24.0 Å². The molecule has 0 spiro atoms. The quantitative estimate of drug-likeness (QED) is 0.436. The maximum atomic E-state index is 12.4. The van der Waals surface area contributed by atoms with Crippen LogP contribution in [0.1, 0.15) is 36.4 Å². The van der Waals surface area contributed by atoms with Crippen molar-refractivity contribution in [1.29, 1.82) is 0 Å². The second kappa shape index (κ2) is 8.16. The maximum absolute atomic E-state index is 12.4. The van der Waals surface area contributed by atoms with Gasteiger partial charge in [0.15, 0.2) is 11.7 Å². The first-order valence-corrected chi connectivity index (χ1v) is 7.36. The molecule has 0 unspecified atom stereocenters. The summed E-state index contributed by atoms with van der Waals surface area (Å²) in [4.78, 5) is 7.64. The number of halogens is 4. The van der Waals surface area contributed by atoms with Crippen LogP contribution < -0.4 is 10.6 Å². The van der Waals surface area contributed by atoms with Gasteiger partial charge in [0, 0.05) is 18.5 Å². The zero-order chi connectivity index (χ0) is 14.6. The van der Waals surface area contributed by atoms with Gasteiger partial charge >= 0.3 is 6.18 Å². The molecular formula is C12H18F3IN4S. The molecule has 1 aliphatic rings. The first kappa shape index (κ1) is 18.5. The molecule has 0 aromatic carbocycles. The standard InChI is InChI=1S/C12H17F3N4S.HI/c1-16-11(18-8-4-2-3-5-8)17-6-10-19-9(7-20-10)12(13,14)15;/h7-8H,2-6H2,1H3,(H2,16,17,18);1H. The number of aliphatic imine (C=N–C) groups is 1. The molecule has 0 aliphatic heterocycles. The van der Waals surface area contributed by atoms with Gasteiger partial charge in [-0.25, -0.2) is 4.98 Å². The number of nitrogens with one attached hydrogen (secondary N) is 2. The number of thiazole rings is 1. The second-order valence-electron chi connectivity index (χ2n) is 4.68. The summed E-state index contributed by atoms with van der Waals surface area (Å²) in [6, 6.07) is 0.406. The molecule has 1 heterocycles. The third-order valence-corrected chi connectivity index (χ3v) is 4.02. The Morgan fingerprint density at radius 3 is 2.62 bits per heavy atom. The Morgan fingerprint density at radius 2 is 2.10 bits per heavy atom. The fourth-order valence-electron chi connectivity index (χ4n) is 2.14. The third-order valence-electron chi connectivity index (χ3n) is 3.17. The van der Waals surface area contributed by atoms with Crippen LogP contribution in [0.25, 0.3) is 0 Å². The van der Waals surface area contributed by atoms with Gasteiger partial charge in [0.2, 0.25) is 0 Å². The van der Waals surface area contributed by atoms with E-state index in [2.05, 4.69) is 20.6 Å². The van der Waals surface area contributed by atoms with Crippen molar-refractivity contribution in [2.45, 2.75) is 44.4 Å². The fraction of sp³-hybridized carbons (Fsp3) is 0.667. The summed E-state index contributed by atoms with van der Waals surface area (Å²) in [7, 11) is 1.65. The number of rotatable bonds is 3. The molecule has 9 heteroatoms. The molecule has 0 amide bonds. The molecule has 1 aliphatic carbocycles. The van der Waals surface area contributed by atoms with Crippen molar-refractivity contribution in [3.63, 3.8) is 0 Å². The molecule has 21 heavy (non-hydrogen) atoms. The summed E-state index contributed by atoms with van der Waals surface area (Å²) in [5.41, 5.74) is -0.835. The van der Waals surface area contributed by atoms with Crippen molar-refractivity contribution in [2.75, 3.05) is 7.05 Å². The summed E-state index contributed by atoms with van der Waals surface area (Å²) in [6.45, 7) is 0.243. The van der Waals surface area contributed by atoms with E-state index in [1.807, 2.05) is 0 Å². The predicted molar refractivity (Wildman–Crippen MR) is 88.1 cm³/mol. The van der Waals surface area contributed by atoms with Gasteiger partial charge in [-0.1, -0.05) is 12.8 Å². The van der Waals surface area contributed by atoms with Crippen LogP contribution in [0, 0.1) is 0 Å². The molecular weight excluding hydrogens is 416 g/mol. The van der Waals surface area contributed by atoms with Gasteiger partial charge in [0.05, 0.1) is 6.54 Å². The molecule has 1 aromatic rings. The Bertz CT molecular complexity index is 469. The van der Waals surface area contributed by atoms with E-state index in [4.69, 9.17) is 0 Å². The number of aromatic nitrogens is 1. The van der Waals surface area contributed by atoms with Gasteiger partial charge in [-0.05, 0) is 12.8 Å². The first-order valence-electron chi connectivity index (χ1n) is 6.48. The third kappa shape index (κ3) is 5.61. The second-order valence-corrected chi connectivity index (χ2v) is 5.62. The molecule has 2 N–H and O–H groups in total. The van der Waals surface area contributed by atoms with E-state index in [1.165, 1.54) is 12.8 Å². The minimum atomic E-state index is -4.38. The van der Waals surface area contributed by atoms with Crippen LogP contribution in [0.5, 0.6) is 0 Å². The van der Waals surface area contributed by atoms with Crippen LogP contribution in [-0.2, 0) is 12.7 Å². The predicted octanol–water partition coefficient (Wildman–Crippen LogP) is 3.39. The lowest BCUT2D eigenvalue weighted by Gasteiger charge is -2.16. The van der Waals surface area contributed by atoms with E-state index in [1.54, 1.807) is 7.05 Å². The maximum Gasteiger partial charge on any atom is 0.434 e. The fourth-order valence-corrected chi connectivity index (χ4v) is 2.88. The number of guanidine groups is 1. The van der Waals surface area contributed by atoms with E-state index in [0.29, 0.717) is 17.0 Å². The molecule has 0 saturated heterocycles. The molecule has 4 nitrogen and oxygen atoms in total. The normalized spacial score (nSPS) is 16.7. The Kier molecular flexibility index (Phi) is 7.17. The van der Waals surface area contributed by atoms with Crippen LogP contribution in [0.15, 0.2) is 10.4 Å². The highest BCUT2D eigenvalue weighted by atomic mass is 127. The molecule has 0 bridgehead atoms. The topological polar surface area (TPSA) is 49.3 Å². The lowest BCUT2D eigenvalue weighted by atomic mass is 10.2. The smallest absolute Gasteiger partial charge is 0.354 e. The van der Waals surface area contributed by atoms with Crippen LogP contribution in [0.2, 0.25) is 0 Å². The van der Waals surface area contributed by atoms with Crippen LogP contribution in [0.3, 0.4) is 0 Å². The average molecular weight is 434 g/mol. The summed E-state index contributed by atoms with van der Waals surface area (Å²) >= 11 is 0.995. The monoisotopic (exact) mass is 434 g/mol. The molecule has 1 fully saturated rings. The molecule has 2 rings (SSSR count). The molecule has 1 aromatic heterocycles. The zero-order valence-corrected chi connectivity index (χ0v) is 14.7. The largest absolute Gasteiger partial charge is 0.434 e. The van der Waals surface area contributed by atoms with Gasteiger partial charge < -0.3 is 10.6 Å². The number of nitrogens with zero attached hydrogens (tertiary/aromatic N) is 2. The van der Waals surface area contributed by atoms with E-state index >= 15 is 0 Å². The zero-order valence-electron chi connectivity index (χ0n) is 11.5. The van der Waals surface area contributed by atoms with Gasteiger partial charge in [-0.15, -0.1) is 35.3 Å². The molecule has 0 radical (unpaired) electrons. The Hall–Kier alpha value is -0.580. The first-order chi connectivity index (χ1) is 9.49. The van der Waals surface area contributed by atoms with Gasteiger partial charge in [0.25, 0.3) is 0 Å². The number of alkyl halides is 3. The Morgan fingerprint density at radius 1 is 1.43 bits per heavy atom. The molecule has 0 atom stereocenters. The van der Waals surface area contributed by atoms with E-state index < -0.39 is 11.9 Å². The van der Waals surface area contributed by atoms with Crippen LogP contribution in [0.4, 0.5) is 13.2 Å². The minimum absolute atomic E-state index is 0. The van der Waals surface area contributed by atoms with Crippen LogP contribution >= 0.6 is 35.3 Å². The number of hydrogen-bond acceptors (Lipinski definition) is 3. The summed E-state index contributed by atoms with van der Waals surface area (Å²) in [5.74, 6) is 0.612. The van der Waals surface area contributed by atoms with Crippen molar-refractivity contribution >= 4 is 41.3 Å². The summed E-state index contributed by atoms with van der Waals surface area (Å²) < 4.78 is 37.3. The Balaban J connectivity index is 0.00000220. The van der Waals surface area contributed by atoms with Gasteiger partial charge in [-0.2, -0.15) is 13.2 Å². The molecule has 1 saturated carbocycles. The van der Waals surface area contributed by atoms with Gasteiger partial charge in [0.1, 0.15) is 5.01 Å². The lowest BCUT2D eigenvalue weighted by Crippen LogP contribution is -2.41. The minimum Gasteiger partial charge on any atom is -0.354 e. The van der Waals surface area contributed by atoms with Gasteiger partial charge in [-0.3, -0.25) is 4.99 Å². The van der Waals surface area contributed by atoms with Crippen molar-refractivity contribution in [1.82, 2.24) is 15.6 Å². The highest BCUT2D eigenvalue weighted by Crippen LogP contribution is 2.29. The van der Waals surface area contributed by atoms with E-state index in [-0.39, 0.29) is 30.5 Å². The van der Waals surface area contributed by atoms with Crippen molar-refractivity contribution in [2.24, 2.45) is 4.99 Å². The molecule has 120 valence electrons. The summed E-state index contributed by atoms with van der Waals surface area (Å²) in [6.07, 6.45) is 0.247. The highest BCUT2D eigenvalue weighted by molar-refractivity contribution is 14.0. The number of hydrogen-bond donors (Lipinski definition) is 2. The van der Waals surface area contributed by atoms with Crippen molar-refractivity contribution in [3.05, 3.63) is 16.1 Å². The van der Waals surface area contributed by atoms with Crippen molar-refractivity contribution in [3.8, 4) is 0 Å². The average Bonchev–Trinajstić information content (AvgIpc) is 3.04. The summed E-state index contributed by atoms with van der Waals surface area (Å²) in [5, 5.41) is 7.69. The van der Waals surface area contributed by atoms with Crippen molar-refractivity contribution < 1.29 is 13.2 Å². The Labute approximate surface area is 142 Å². The van der Waals surface area contributed by atoms with E-state index in [9.17, 15) is 13.2 Å².